The number of hydrogen-bond acceptors (Lipinski definition) is 7. The summed E-state index contributed by atoms with van der Waals surface area (Å²) in [6, 6.07) is 10.9. The number of aromatic nitrogens is 1. The second-order valence-electron chi connectivity index (χ2n) is 8.04. The lowest BCUT2D eigenvalue weighted by Gasteiger charge is -2.34. The van der Waals surface area contributed by atoms with Gasteiger partial charge < -0.3 is 10.2 Å². The predicted octanol–water partition coefficient (Wildman–Crippen LogP) is 2.71. The first-order valence-corrected chi connectivity index (χ1v) is 13.4. The van der Waals surface area contributed by atoms with Crippen LogP contribution in [0.2, 0.25) is 0 Å². The van der Waals surface area contributed by atoms with Gasteiger partial charge in [0.1, 0.15) is 11.6 Å². The first-order chi connectivity index (χ1) is 15.8. The number of aryl methyl sites for hydroxylation is 1. The first kappa shape index (κ1) is 23.6. The summed E-state index contributed by atoms with van der Waals surface area (Å²) >= 11 is 1.72. The maximum Gasteiger partial charge on any atom is 0.235 e. The molecule has 4 rings (SSSR count). The van der Waals surface area contributed by atoms with Gasteiger partial charge in [-0.15, -0.1) is 0 Å². The largest absolute Gasteiger partial charge is 0.354 e. The van der Waals surface area contributed by atoms with Crippen molar-refractivity contribution in [1.29, 1.82) is 0 Å². The molecule has 1 aliphatic heterocycles. The summed E-state index contributed by atoms with van der Waals surface area (Å²) in [6.07, 6.45) is 1.01. The minimum atomic E-state index is -3.79. The molecule has 2 aromatic carbocycles. The standard InChI is InChI=1S/C23H27FN4O3S2/c1-2-17-3-8-20-21(15-17)32-23(26-20)28-13-11-27(12-14-28)10-9-25-22(29)16-33(30,31)19-6-4-18(24)5-7-19/h3-8,15H,2,9-14,16H2,1H3,(H,25,29). The number of nitrogens with zero attached hydrogens (tertiary/aromatic N) is 3. The van der Waals surface area contributed by atoms with Gasteiger partial charge in [-0.1, -0.05) is 24.3 Å². The fourth-order valence-corrected chi connectivity index (χ4v) is 6.02. The molecule has 0 unspecified atom stereocenters. The number of amides is 1. The smallest absolute Gasteiger partial charge is 0.235 e. The number of rotatable bonds is 8. The molecule has 1 amide bonds. The van der Waals surface area contributed by atoms with E-state index in [0.29, 0.717) is 13.1 Å². The molecule has 1 N–H and O–H groups in total. The summed E-state index contributed by atoms with van der Waals surface area (Å²) in [5.41, 5.74) is 2.35. The highest BCUT2D eigenvalue weighted by Crippen LogP contribution is 2.30. The van der Waals surface area contributed by atoms with Crippen molar-refractivity contribution in [2.45, 2.75) is 18.2 Å². The molecule has 3 aromatic rings. The summed E-state index contributed by atoms with van der Waals surface area (Å²) in [4.78, 5) is 21.4. The van der Waals surface area contributed by atoms with Crippen molar-refractivity contribution in [2.24, 2.45) is 0 Å². The van der Waals surface area contributed by atoms with E-state index >= 15 is 0 Å². The van der Waals surface area contributed by atoms with Gasteiger partial charge in [0.25, 0.3) is 0 Å². The SMILES string of the molecule is CCc1ccc2nc(N3CCN(CCNC(=O)CS(=O)(=O)c4ccc(F)cc4)CC3)sc2c1. The van der Waals surface area contributed by atoms with E-state index in [9.17, 15) is 17.6 Å². The molecule has 0 radical (unpaired) electrons. The summed E-state index contributed by atoms with van der Waals surface area (Å²) in [5, 5.41) is 3.72. The van der Waals surface area contributed by atoms with Crippen LogP contribution in [0.1, 0.15) is 12.5 Å². The highest BCUT2D eigenvalue weighted by molar-refractivity contribution is 7.92. The Balaban J connectivity index is 1.22. The third-order valence-corrected chi connectivity index (χ3v) is 8.45. The molecule has 1 aliphatic rings. The molecule has 33 heavy (non-hydrogen) atoms. The van der Waals surface area contributed by atoms with Gasteiger partial charge in [-0.25, -0.2) is 17.8 Å². The van der Waals surface area contributed by atoms with E-state index in [4.69, 9.17) is 4.98 Å². The van der Waals surface area contributed by atoms with Crippen molar-refractivity contribution in [3.63, 3.8) is 0 Å². The molecule has 10 heteroatoms. The number of carbonyl (C=O) groups excluding carboxylic acids is 1. The predicted molar refractivity (Wildman–Crippen MR) is 129 cm³/mol. The molecule has 7 nitrogen and oxygen atoms in total. The van der Waals surface area contributed by atoms with Gasteiger partial charge in [-0.2, -0.15) is 0 Å². The van der Waals surface area contributed by atoms with E-state index in [2.05, 4.69) is 40.2 Å². The van der Waals surface area contributed by atoms with Gasteiger partial charge in [0.2, 0.25) is 5.91 Å². The molecule has 1 aromatic heterocycles. The number of halogens is 1. The highest BCUT2D eigenvalue weighted by atomic mass is 32.2. The van der Waals surface area contributed by atoms with Crippen LogP contribution >= 0.6 is 11.3 Å². The summed E-state index contributed by atoms with van der Waals surface area (Å²) in [5.74, 6) is -1.73. The Morgan fingerprint density at radius 3 is 2.55 bits per heavy atom. The third-order valence-electron chi connectivity index (χ3n) is 5.74. The topological polar surface area (TPSA) is 82.6 Å². The lowest BCUT2D eigenvalue weighted by molar-refractivity contribution is -0.118. The maximum atomic E-state index is 13.0. The number of hydrogen-bond donors (Lipinski definition) is 1. The van der Waals surface area contributed by atoms with Crippen molar-refractivity contribution in [2.75, 3.05) is 49.9 Å². The Bertz CT molecular complexity index is 1220. The number of fused-ring (bicyclic) bond motifs is 1. The van der Waals surface area contributed by atoms with Gasteiger partial charge >= 0.3 is 0 Å². The summed E-state index contributed by atoms with van der Waals surface area (Å²) in [6.45, 7) is 6.57. The minimum absolute atomic E-state index is 0.0593. The number of carbonyl (C=O) groups is 1. The van der Waals surface area contributed by atoms with Gasteiger partial charge in [0.05, 0.1) is 15.1 Å². The first-order valence-electron chi connectivity index (χ1n) is 11.0. The van der Waals surface area contributed by atoms with Crippen molar-refractivity contribution in [3.05, 3.63) is 53.8 Å². The quantitative estimate of drug-likeness (QED) is 0.489. The summed E-state index contributed by atoms with van der Waals surface area (Å²) < 4.78 is 38.8. The fourth-order valence-electron chi connectivity index (χ4n) is 3.78. The number of anilines is 1. The molecule has 0 saturated carbocycles. The maximum absolute atomic E-state index is 13.0. The van der Waals surface area contributed by atoms with Crippen LogP contribution in [-0.4, -0.2) is 69.2 Å². The van der Waals surface area contributed by atoms with Crippen LogP contribution < -0.4 is 10.2 Å². The highest BCUT2D eigenvalue weighted by Gasteiger charge is 2.21. The zero-order valence-electron chi connectivity index (χ0n) is 18.5. The number of sulfone groups is 1. The lowest BCUT2D eigenvalue weighted by atomic mass is 10.2. The summed E-state index contributed by atoms with van der Waals surface area (Å²) in [7, 11) is -3.79. The molecule has 0 bridgehead atoms. The fraction of sp³-hybridized carbons (Fsp3) is 0.391. The van der Waals surface area contributed by atoms with E-state index < -0.39 is 27.3 Å². The zero-order chi connectivity index (χ0) is 23.4. The van der Waals surface area contributed by atoms with Crippen molar-refractivity contribution in [3.8, 4) is 0 Å². The zero-order valence-corrected chi connectivity index (χ0v) is 20.1. The minimum Gasteiger partial charge on any atom is -0.354 e. The Hall–Kier alpha value is -2.56. The van der Waals surface area contributed by atoms with Crippen molar-refractivity contribution >= 4 is 42.4 Å². The van der Waals surface area contributed by atoms with E-state index in [1.54, 1.807) is 11.3 Å². The van der Waals surface area contributed by atoms with Crippen LogP contribution in [0.3, 0.4) is 0 Å². The van der Waals surface area contributed by atoms with Gasteiger partial charge in [0.15, 0.2) is 15.0 Å². The van der Waals surface area contributed by atoms with E-state index in [-0.39, 0.29) is 4.90 Å². The van der Waals surface area contributed by atoms with Crippen LogP contribution in [0.25, 0.3) is 10.2 Å². The number of benzene rings is 2. The molecule has 0 atom stereocenters. The van der Waals surface area contributed by atoms with Crippen LogP contribution in [0.4, 0.5) is 9.52 Å². The molecule has 0 aliphatic carbocycles. The monoisotopic (exact) mass is 490 g/mol. The van der Waals surface area contributed by atoms with E-state index in [1.807, 2.05) is 0 Å². The normalized spacial score (nSPS) is 15.2. The Labute approximate surface area is 197 Å². The Morgan fingerprint density at radius 2 is 1.85 bits per heavy atom. The van der Waals surface area contributed by atoms with Crippen LogP contribution in [0.5, 0.6) is 0 Å². The number of nitrogens with one attached hydrogen (secondary N) is 1. The van der Waals surface area contributed by atoms with Crippen molar-refractivity contribution < 1.29 is 17.6 Å². The van der Waals surface area contributed by atoms with Crippen LogP contribution in [0.15, 0.2) is 47.4 Å². The van der Waals surface area contributed by atoms with E-state index in [0.717, 1.165) is 55.4 Å². The van der Waals surface area contributed by atoms with E-state index in [1.165, 1.54) is 22.4 Å². The second-order valence-corrected chi connectivity index (χ2v) is 11.0. The average molecular weight is 491 g/mol. The van der Waals surface area contributed by atoms with Gasteiger partial charge in [-0.05, 0) is 48.4 Å². The number of piperazine rings is 1. The third kappa shape index (κ3) is 5.87. The Morgan fingerprint density at radius 1 is 1.12 bits per heavy atom. The molecule has 1 fully saturated rings. The van der Waals surface area contributed by atoms with Gasteiger partial charge in [-0.3, -0.25) is 9.69 Å². The Kier molecular flexibility index (Phi) is 7.26. The molecule has 0 spiro atoms. The van der Waals surface area contributed by atoms with Gasteiger partial charge in [0, 0.05) is 39.3 Å². The van der Waals surface area contributed by atoms with Crippen LogP contribution in [0, 0.1) is 5.82 Å². The van der Waals surface area contributed by atoms with Crippen LogP contribution in [-0.2, 0) is 21.1 Å². The molecular weight excluding hydrogens is 463 g/mol. The molecule has 2 heterocycles. The molecular formula is C23H27FN4O3S2. The second kappa shape index (κ2) is 10.1. The lowest BCUT2D eigenvalue weighted by Crippen LogP contribution is -2.48. The molecule has 176 valence electrons. The average Bonchev–Trinajstić information content (AvgIpc) is 3.23. The molecule has 1 saturated heterocycles. The number of thiazole rings is 1. The van der Waals surface area contributed by atoms with Crippen molar-refractivity contribution in [1.82, 2.24) is 15.2 Å².